The number of carbonyl (C=O) groups is 1. The molecule has 2 aromatic rings. The average Bonchev–Trinajstić information content (AvgIpc) is 2.61. The van der Waals surface area contributed by atoms with Crippen LogP contribution >= 0.6 is 11.8 Å². The number of aliphatic imine (C=N–C) groups is 1. The molecule has 0 saturated carbocycles. The van der Waals surface area contributed by atoms with Gasteiger partial charge in [-0.15, -0.1) is 0 Å². The molecule has 25 heavy (non-hydrogen) atoms. The monoisotopic (exact) mass is 359 g/mol. The third-order valence-electron chi connectivity index (χ3n) is 3.05. The fraction of sp³-hybridized carbons (Fsp3) is 0.294. The van der Waals surface area contributed by atoms with Gasteiger partial charge in [0.1, 0.15) is 5.69 Å². The normalized spacial score (nSPS) is 11.2. The molecule has 1 amide bonds. The number of ether oxygens (including phenoxy) is 1. The van der Waals surface area contributed by atoms with E-state index in [1.54, 1.807) is 6.07 Å². The number of nitrogens with one attached hydrogen (secondary N) is 1. The molecule has 0 spiro atoms. The minimum absolute atomic E-state index is 0.218. The van der Waals surface area contributed by atoms with Gasteiger partial charge >= 0.3 is 0 Å². The van der Waals surface area contributed by atoms with E-state index in [2.05, 4.69) is 20.3 Å². The van der Waals surface area contributed by atoms with Crippen LogP contribution in [0.4, 0.5) is 5.69 Å². The minimum atomic E-state index is -0.336. The highest BCUT2D eigenvalue weighted by Crippen LogP contribution is 2.14. The zero-order chi connectivity index (χ0) is 18.1. The quantitative estimate of drug-likeness (QED) is 0.582. The van der Waals surface area contributed by atoms with E-state index in [4.69, 9.17) is 10.5 Å². The molecule has 0 unspecified atom stereocenters. The predicted octanol–water partition coefficient (Wildman–Crippen LogP) is 2.70. The van der Waals surface area contributed by atoms with Crippen molar-refractivity contribution in [2.75, 3.05) is 17.7 Å². The van der Waals surface area contributed by atoms with Crippen LogP contribution in [0, 0.1) is 0 Å². The van der Waals surface area contributed by atoms with Crippen LogP contribution in [0.5, 0.6) is 5.88 Å². The second-order valence-electron chi connectivity index (χ2n) is 4.91. The number of nitrogens with zero attached hydrogens (tertiary/aromatic N) is 3. The molecule has 0 aliphatic heterocycles. The molecular weight excluding hydrogens is 338 g/mol. The lowest BCUT2D eigenvalue weighted by atomic mass is 10.2. The largest absolute Gasteiger partial charge is 0.477 e. The molecule has 1 heterocycles. The first-order valence-electron chi connectivity index (χ1n) is 7.90. The Morgan fingerprint density at radius 1 is 1.32 bits per heavy atom. The minimum Gasteiger partial charge on any atom is -0.477 e. The number of aromatic nitrogens is 2. The number of amidine groups is 1. The lowest BCUT2D eigenvalue weighted by Gasteiger charge is -2.07. The third kappa shape index (κ3) is 6.07. The van der Waals surface area contributed by atoms with Crippen LogP contribution < -0.4 is 15.8 Å². The Labute approximate surface area is 151 Å². The van der Waals surface area contributed by atoms with Crippen molar-refractivity contribution in [1.29, 1.82) is 0 Å². The first-order valence-corrected chi connectivity index (χ1v) is 8.88. The summed E-state index contributed by atoms with van der Waals surface area (Å²) in [5.74, 6) is 0.938. The maximum absolute atomic E-state index is 12.2. The van der Waals surface area contributed by atoms with Crippen LogP contribution in [0.25, 0.3) is 0 Å². The Bertz CT molecular complexity index is 734. The van der Waals surface area contributed by atoms with Crippen molar-refractivity contribution in [3.63, 3.8) is 0 Å². The van der Waals surface area contributed by atoms with Gasteiger partial charge in [0.15, 0.2) is 5.17 Å². The molecule has 1 aromatic carbocycles. The Morgan fingerprint density at radius 2 is 2.16 bits per heavy atom. The molecule has 2 rings (SSSR count). The van der Waals surface area contributed by atoms with Gasteiger partial charge in [0.25, 0.3) is 5.91 Å². The van der Waals surface area contributed by atoms with Crippen molar-refractivity contribution in [2.24, 2.45) is 10.7 Å². The summed E-state index contributed by atoms with van der Waals surface area (Å²) in [6.45, 7) is 4.84. The van der Waals surface area contributed by atoms with Crippen molar-refractivity contribution >= 4 is 28.5 Å². The van der Waals surface area contributed by atoms with Crippen LogP contribution in [0.15, 0.2) is 41.7 Å². The Kier molecular flexibility index (Phi) is 7.21. The van der Waals surface area contributed by atoms with Crippen LogP contribution in [0.3, 0.4) is 0 Å². The summed E-state index contributed by atoms with van der Waals surface area (Å²) in [4.78, 5) is 24.6. The number of amides is 1. The third-order valence-corrected chi connectivity index (χ3v) is 3.76. The van der Waals surface area contributed by atoms with Crippen molar-refractivity contribution in [2.45, 2.75) is 20.4 Å². The molecule has 8 heteroatoms. The summed E-state index contributed by atoms with van der Waals surface area (Å²) in [5.41, 5.74) is 7.61. The molecular formula is C17H21N5O2S. The van der Waals surface area contributed by atoms with E-state index >= 15 is 0 Å². The van der Waals surface area contributed by atoms with Crippen LogP contribution in [-0.4, -0.2) is 33.4 Å². The van der Waals surface area contributed by atoms with Gasteiger partial charge in [0.2, 0.25) is 5.88 Å². The summed E-state index contributed by atoms with van der Waals surface area (Å²) in [5, 5.41) is 3.35. The zero-order valence-electron chi connectivity index (χ0n) is 14.2. The standard InChI is InChI=1S/C17H21N5O2S/c1-3-24-15-11-19-14(10-20-15)16(23)22-13-7-5-6-12(8-13)9-21-17(18)25-4-2/h5-8,10-11H,3-4,9H2,1-2H3,(H2,18,21)(H,22,23). The molecule has 0 saturated heterocycles. The number of hydrogen-bond donors (Lipinski definition) is 2. The van der Waals surface area contributed by atoms with E-state index < -0.39 is 0 Å². The summed E-state index contributed by atoms with van der Waals surface area (Å²) in [7, 11) is 0. The van der Waals surface area contributed by atoms with Gasteiger partial charge < -0.3 is 15.8 Å². The Balaban J connectivity index is 2.01. The van der Waals surface area contributed by atoms with Gasteiger partial charge in [-0.1, -0.05) is 30.8 Å². The second-order valence-corrected chi connectivity index (χ2v) is 6.20. The first kappa shape index (κ1) is 18.7. The summed E-state index contributed by atoms with van der Waals surface area (Å²) in [6.07, 6.45) is 2.81. The fourth-order valence-corrected chi connectivity index (χ4v) is 2.41. The highest BCUT2D eigenvalue weighted by molar-refractivity contribution is 8.13. The summed E-state index contributed by atoms with van der Waals surface area (Å²) >= 11 is 1.50. The van der Waals surface area contributed by atoms with E-state index in [-0.39, 0.29) is 11.6 Å². The predicted molar refractivity (Wildman–Crippen MR) is 101 cm³/mol. The molecule has 1 aromatic heterocycles. The van der Waals surface area contributed by atoms with Gasteiger partial charge in [-0.05, 0) is 30.4 Å². The van der Waals surface area contributed by atoms with Crippen molar-refractivity contribution in [3.05, 3.63) is 47.9 Å². The lowest BCUT2D eigenvalue weighted by Crippen LogP contribution is -2.14. The Hall–Kier alpha value is -2.61. The number of thioether (sulfide) groups is 1. The van der Waals surface area contributed by atoms with E-state index in [1.165, 1.54) is 24.2 Å². The topological polar surface area (TPSA) is 102 Å². The van der Waals surface area contributed by atoms with Gasteiger partial charge in [0, 0.05) is 5.69 Å². The van der Waals surface area contributed by atoms with Crippen molar-refractivity contribution < 1.29 is 9.53 Å². The van der Waals surface area contributed by atoms with Gasteiger partial charge in [0.05, 0.1) is 25.5 Å². The SMILES string of the molecule is CCOc1cnc(C(=O)Nc2cccc(CN=C(N)SCC)c2)cn1. The van der Waals surface area contributed by atoms with Gasteiger partial charge in [-0.3, -0.25) is 9.79 Å². The highest BCUT2D eigenvalue weighted by atomic mass is 32.2. The maximum atomic E-state index is 12.2. The molecule has 0 fully saturated rings. The number of hydrogen-bond acceptors (Lipinski definition) is 6. The summed E-state index contributed by atoms with van der Waals surface area (Å²) < 4.78 is 5.21. The Morgan fingerprint density at radius 3 is 2.84 bits per heavy atom. The number of anilines is 1. The molecule has 3 N–H and O–H groups in total. The maximum Gasteiger partial charge on any atom is 0.275 e. The van der Waals surface area contributed by atoms with E-state index in [0.29, 0.717) is 29.9 Å². The smallest absolute Gasteiger partial charge is 0.275 e. The lowest BCUT2D eigenvalue weighted by molar-refractivity contribution is 0.102. The van der Waals surface area contributed by atoms with Crippen LogP contribution in [-0.2, 0) is 6.54 Å². The zero-order valence-corrected chi connectivity index (χ0v) is 15.0. The molecule has 132 valence electrons. The second kappa shape index (κ2) is 9.63. The number of benzene rings is 1. The molecule has 0 aliphatic carbocycles. The van der Waals surface area contributed by atoms with E-state index in [0.717, 1.165) is 11.3 Å². The van der Waals surface area contributed by atoms with Crippen LogP contribution in [0.1, 0.15) is 29.9 Å². The fourth-order valence-electron chi connectivity index (χ4n) is 1.96. The summed E-state index contributed by atoms with van der Waals surface area (Å²) in [6, 6.07) is 7.44. The first-order chi connectivity index (χ1) is 12.1. The van der Waals surface area contributed by atoms with E-state index in [9.17, 15) is 4.79 Å². The molecule has 0 aliphatic rings. The van der Waals surface area contributed by atoms with Gasteiger partial charge in [-0.2, -0.15) is 0 Å². The molecule has 7 nitrogen and oxygen atoms in total. The number of nitrogens with two attached hydrogens (primary N) is 1. The number of carbonyl (C=O) groups excluding carboxylic acids is 1. The average molecular weight is 359 g/mol. The molecule has 0 atom stereocenters. The highest BCUT2D eigenvalue weighted by Gasteiger charge is 2.09. The van der Waals surface area contributed by atoms with Crippen LogP contribution in [0.2, 0.25) is 0 Å². The van der Waals surface area contributed by atoms with E-state index in [1.807, 2.05) is 32.0 Å². The molecule has 0 bridgehead atoms. The van der Waals surface area contributed by atoms with Gasteiger partial charge in [-0.25, -0.2) is 9.97 Å². The molecule has 0 radical (unpaired) electrons. The van der Waals surface area contributed by atoms with Crippen molar-refractivity contribution in [3.8, 4) is 5.88 Å². The van der Waals surface area contributed by atoms with Crippen molar-refractivity contribution in [1.82, 2.24) is 9.97 Å². The number of rotatable bonds is 7.